The molecule has 1 rings (SSSR count). The molecule has 0 saturated carbocycles. The summed E-state index contributed by atoms with van der Waals surface area (Å²) in [5.41, 5.74) is 0.282. The highest BCUT2D eigenvalue weighted by Gasteiger charge is 2.16. The Morgan fingerprint density at radius 2 is 1.80 bits per heavy atom. The van der Waals surface area contributed by atoms with Crippen molar-refractivity contribution in [3.8, 4) is 0 Å². The number of hydrogen-bond acceptors (Lipinski definition) is 5. The van der Waals surface area contributed by atoms with E-state index in [1.807, 2.05) is 0 Å². The van der Waals surface area contributed by atoms with Gasteiger partial charge in [0.15, 0.2) is 0 Å². The lowest BCUT2D eigenvalue weighted by atomic mass is 10.2. The molecule has 0 spiro atoms. The van der Waals surface area contributed by atoms with Crippen LogP contribution in [0.2, 0.25) is 0 Å². The molecule has 0 saturated heterocycles. The van der Waals surface area contributed by atoms with Gasteiger partial charge in [0.1, 0.15) is 12.2 Å². The van der Waals surface area contributed by atoms with Crippen molar-refractivity contribution in [2.75, 3.05) is 18.5 Å². The maximum Gasteiger partial charge on any atom is 0.412 e. The Kier molecular flexibility index (Phi) is 5.52. The largest absolute Gasteiger partial charge is 0.460 e. The van der Waals surface area contributed by atoms with Crippen molar-refractivity contribution in [1.82, 2.24) is 0 Å². The van der Waals surface area contributed by atoms with Crippen LogP contribution in [-0.4, -0.2) is 36.0 Å². The molecule has 110 valence electrons. The number of anilines is 1. The van der Waals surface area contributed by atoms with Crippen LogP contribution < -0.4 is 5.32 Å². The van der Waals surface area contributed by atoms with Crippen molar-refractivity contribution in [3.63, 3.8) is 0 Å². The number of amides is 1. The Morgan fingerprint density at radius 1 is 1.20 bits per heavy atom. The molecule has 6 nitrogen and oxygen atoms in total. The molecule has 1 amide bonds. The summed E-state index contributed by atoms with van der Waals surface area (Å²) in [6, 6.07) is 6.18. The normalized spacial score (nSPS) is 10.8. The van der Waals surface area contributed by atoms with Gasteiger partial charge >= 0.3 is 12.1 Å². The summed E-state index contributed by atoms with van der Waals surface area (Å²) in [7, 11) is 0. The van der Waals surface area contributed by atoms with Gasteiger partial charge in [-0.15, -0.1) is 0 Å². The van der Waals surface area contributed by atoms with Crippen molar-refractivity contribution >= 4 is 17.7 Å². The first-order chi connectivity index (χ1) is 9.31. The molecule has 20 heavy (non-hydrogen) atoms. The van der Waals surface area contributed by atoms with Gasteiger partial charge < -0.3 is 14.6 Å². The maximum absolute atomic E-state index is 11.5. The van der Waals surface area contributed by atoms with Crippen LogP contribution in [0.4, 0.5) is 10.5 Å². The van der Waals surface area contributed by atoms with E-state index >= 15 is 0 Å². The highest BCUT2D eigenvalue weighted by molar-refractivity contribution is 5.91. The third-order valence-electron chi connectivity index (χ3n) is 2.09. The zero-order chi connectivity index (χ0) is 15.2. The monoisotopic (exact) mass is 281 g/mol. The second-order valence-electron chi connectivity index (χ2n) is 5.06. The van der Waals surface area contributed by atoms with Crippen LogP contribution in [0.15, 0.2) is 24.3 Å². The molecule has 2 N–H and O–H groups in total. The maximum atomic E-state index is 11.5. The first kappa shape index (κ1) is 16.0. The minimum absolute atomic E-state index is 0.0449. The van der Waals surface area contributed by atoms with Gasteiger partial charge in [0.05, 0.1) is 12.2 Å². The molecule has 0 aliphatic heterocycles. The molecule has 0 fully saturated rings. The second kappa shape index (κ2) is 6.91. The number of carbonyl (C=O) groups excluding carboxylic acids is 2. The Hall–Kier alpha value is -2.08. The SMILES string of the molecule is CC(C)(C)OC(=O)Nc1ccc(C(=O)OCCO)cc1. The fourth-order valence-corrected chi connectivity index (χ4v) is 1.33. The molecule has 0 radical (unpaired) electrons. The number of ether oxygens (including phenoxy) is 2. The predicted molar refractivity (Wildman–Crippen MR) is 73.7 cm³/mol. The van der Waals surface area contributed by atoms with Crippen LogP contribution in [0.25, 0.3) is 0 Å². The number of nitrogens with one attached hydrogen (secondary N) is 1. The minimum atomic E-state index is -0.571. The minimum Gasteiger partial charge on any atom is -0.460 e. The quantitative estimate of drug-likeness (QED) is 0.826. The molecule has 1 aromatic rings. The van der Waals surface area contributed by atoms with Gasteiger partial charge in [0, 0.05) is 5.69 Å². The summed E-state index contributed by atoms with van der Waals surface area (Å²) < 4.78 is 9.87. The predicted octanol–water partition coefficient (Wildman–Crippen LogP) is 2.18. The lowest BCUT2D eigenvalue weighted by Crippen LogP contribution is -2.27. The van der Waals surface area contributed by atoms with E-state index in [0.29, 0.717) is 11.3 Å². The number of aliphatic hydroxyl groups excluding tert-OH is 1. The molecule has 0 unspecified atom stereocenters. The van der Waals surface area contributed by atoms with E-state index in [2.05, 4.69) is 5.32 Å². The number of carbonyl (C=O) groups is 2. The van der Waals surface area contributed by atoms with Crippen LogP contribution in [0, 0.1) is 0 Å². The Morgan fingerprint density at radius 3 is 2.30 bits per heavy atom. The average molecular weight is 281 g/mol. The van der Waals surface area contributed by atoms with Crippen molar-refractivity contribution in [1.29, 1.82) is 0 Å². The summed E-state index contributed by atoms with van der Waals surface area (Å²) in [4.78, 5) is 23.0. The standard InChI is InChI=1S/C14H19NO5/c1-14(2,3)20-13(18)15-11-6-4-10(5-7-11)12(17)19-9-8-16/h4-7,16H,8-9H2,1-3H3,(H,15,18). The van der Waals surface area contributed by atoms with E-state index in [-0.39, 0.29) is 13.2 Å². The highest BCUT2D eigenvalue weighted by atomic mass is 16.6. The van der Waals surface area contributed by atoms with Crippen molar-refractivity contribution < 1.29 is 24.2 Å². The third kappa shape index (κ3) is 5.71. The van der Waals surface area contributed by atoms with Crippen LogP contribution >= 0.6 is 0 Å². The van der Waals surface area contributed by atoms with Gasteiger partial charge in [-0.05, 0) is 45.0 Å². The zero-order valence-corrected chi connectivity index (χ0v) is 11.8. The summed E-state index contributed by atoms with van der Waals surface area (Å²) in [5, 5.41) is 11.1. The van der Waals surface area contributed by atoms with Gasteiger partial charge in [-0.25, -0.2) is 9.59 Å². The molecular weight excluding hydrogens is 262 g/mol. The molecule has 1 aromatic carbocycles. The third-order valence-corrected chi connectivity index (χ3v) is 2.09. The molecule has 0 atom stereocenters. The molecule has 0 aliphatic rings. The van der Waals surface area contributed by atoms with Crippen LogP contribution in [0.3, 0.4) is 0 Å². The smallest absolute Gasteiger partial charge is 0.412 e. The molecule has 6 heteroatoms. The summed E-state index contributed by atoms with van der Waals surface area (Å²) >= 11 is 0. The van der Waals surface area contributed by atoms with E-state index < -0.39 is 17.7 Å². The number of aliphatic hydroxyl groups is 1. The number of hydrogen-bond donors (Lipinski definition) is 2. The van der Waals surface area contributed by atoms with Gasteiger partial charge in [-0.1, -0.05) is 0 Å². The van der Waals surface area contributed by atoms with E-state index in [0.717, 1.165) is 0 Å². The summed E-state index contributed by atoms with van der Waals surface area (Å²) in [5.74, 6) is -0.525. The fraction of sp³-hybridized carbons (Fsp3) is 0.429. The van der Waals surface area contributed by atoms with Crippen LogP contribution in [0.1, 0.15) is 31.1 Å². The first-order valence-corrected chi connectivity index (χ1v) is 6.20. The van der Waals surface area contributed by atoms with E-state index in [9.17, 15) is 9.59 Å². The molecule has 0 bridgehead atoms. The van der Waals surface area contributed by atoms with Crippen molar-refractivity contribution in [3.05, 3.63) is 29.8 Å². The van der Waals surface area contributed by atoms with Gasteiger partial charge in [-0.3, -0.25) is 5.32 Å². The fourth-order valence-electron chi connectivity index (χ4n) is 1.33. The Balaban J connectivity index is 2.58. The van der Waals surface area contributed by atoms with Crippen molar-refractivity contribution in [2.24, 2.45) is 0 Å². The van der Waals surface area contributed by atoms with Crippen LogP contribution in [0.5, 0.6) is 0 Å². The van der Waals surface area contributed by atoms with E-state index in [1.165, 1.54) is 12.1 Å². The van der Waals surface area contributed by atoms with E-state index in [1.54, 1.807) is 32.9 Å². The average Bonchev–Trinajstić information content (AvgIpc) is 2.34. The molecule has 0 aromatic heterocycles. The highest BCUT2D eigenvalue weighted by Crippen LogP contribution is 2.13. The lowest BCUT2D eigenvalue weighted by Gasteiger charge is -2.19. The zero-order valence-electron chi connectivity index (χ0n) is 11.8. The van der Waals surface area contributed by atoms with Crippen molar-refractivity contribution in [2.45, 2.75) is 26.4 Å². The van der Waals surface area contributed by atoms with Crippen LogP contribution in [-0.2, 0) is 9.47 Å². The first-order valence-electron chi connectivity index (χ1n) is 6.20. The van der Waals surface area contributed by atoms with E-state index in [4.69, 9.17) is 14.6 Å². The summed E-state index contributed by atoms with van der Waals surface area (Å²) in [6.07, 6.45) is -0.562. The topological polar surface area (TPSA) is 84.9 Å². The van der Waals surface area contributed by atoms with Gasteiger partial charge in [-0.2, -0.15) is 0 Å². The molecule has 0 heterocycles. The molecule has 0 aliphatic carbocycles. The number of esters is 1. The van der Waals surface area contributed by atoms with Gasteiger partial charge in [0.2, 0.25) is 0 Å². The Bertz CT molecular complexity index is 461. The summed E-state index contributed by atoms with van der Waals surface area (Å²) in [6.45, 7) is 5.05. The number of benzene rings is 1. The molecular formula is C14H19NO5. The number of rotatable bonds is 4. The van der Waals surface area contributed by atoms with Gasteiger partial charge in [0.25, 0.3) is 0 Å². The second-order valence-corrected chi connectivity index (χ2v) is 5.06. The lowest BCUT2D eigenvalue weighted by molar-refractivity contribution is 0.0433. The Labute approximate surface area is 117 Å².